The zero-order chi connectivity index (χ0) is 9.07. The van der Waals surface area contributed by atoms with E-state index in [1.807, 2.05) is 0 Å². The van der Waals surface area contributed by atoms with Crippen LogP contribution in [0.4, 0.5) is 4.79 Å². The number of rotatable bonds is 3. The first-order valence-corrected chi connectivity index (χ1v) is 3.94. The molecule has 1 atom stereocenters. The van der Waals surface area contributed by atoms with Gasteiger partial charge in [-0.15, -0.1) is 0 Å². The van der Waals surface area contributed by atoms with Crippen LogP contribution in [0.2, 0.25) is 0 Å². The van der Waals surface area contributed by atoms with Crippen LogP contribution >= 0.6 is 0 Å². The molecule has 66 valence electrons. The predicted molar refractivity (Wildman–Crippen MR) is 33.5 cm³/mol. The standard InChI is InChI=1S/C3H7NO6S/c4-1-2(10-3(5)6)11(7,8)9/h2H,1,4H2,(H,5,6)(H,7,8,9). The van der Waals surface area contributed by atoms with Gasteiger partial charge in [0.05, 0.1) is 0 Å². The van der Waals surface area contributed by atoms with E-state index in [1.165, 1.54) is 0 Å². The van der Waals surface area contributed by atoms with Crippen molar-refractivity contribution in [3.8, 4) is 0 Å². The molecule has 0 amide bonds. The Bertz CT molecular complexity index is 232. The average molecular weight is 185 g/mol. The summed E-state index contributed by atoms with van der Waals surface area (Å²) in [6.07, 6.45) is -1.81. The Balaban J connectivity index is 4.31. The van der Waals surface area contributed by atoms with E-state index in [2.05, 4.69) is 4.74 Å². The molecule has 0 heterocycles. The molecule has 0 aromatic carbocycles. The predicted octanol–water partition coefficient (Wildman–Crippen LogP) is -1.15. The molecule has 0 saturated carbocycles. The van der Waals surface area contributed by atoms with Gasteiger partial charge < -0.3 is 15.6 Å². The molecule has 0 aromatic heterocycles. The Labute approximate surface area is 62.5 Å². The van der Waals surface area contributed by atoms with E-state index in [0.717, 1.165) is 0 Å². The summed E-state index contributed by atoms with van der Waals surface area (Å²) in [4.78, 5) is 9.76. The van der Waals surface area contributed by atoms with Gasteiger partial charge in [0, 0.05) is 6.54 Å². The summed E-state index contributed by atoms with van der Waals surface area (Å²) in [6, 6.07) is 0. The Morgan fingerprint density at radius 1 is 1.64 bits per heavy atom. The summed E-state index contributed by atoms with van der Waals surface area (Å²) in [6.45, 7) is -0.620. The topological polar surface area (TPSA) is 127 Å². The van der Waals surface area contributed by atoms with Gasteiger partial charge in [-0.05, 0) is 0 Å². The summed E-state index contributed by atoms with van der Waals surface area (Å²) in [7, 11) is -4.54. The third-order valence-corrected chi connectivity index (χ3v) is 1.71. The van der Waals surface area contributed by atoms with Crippen LogP contribution < -0.4 is 5.73 Å². The second-order valence-corrected chi connectivity index (χ2v) is 3.12. The zero-order valence-corrected chi connectivity index (χ0v) is 6.11. The maximum absolute atomic E-state index is 10.2. The number of carbonyl (C=O) groups is 1. The molecule has 0 bridgehead atoms. The van der Waals surface area contributed by atoms with E-state index in [0.29, 0.717) is 0 Å². The Kier molecular flexibility index (Phi) is 3.23. The van der Waals surface area contributed by atoms with Crippen LogP contribution in [-0.2, 0) is 14.9 Å². The first kappa shape index (κ1) is 10.1. The number of ether oxygens (including phenoxy) is 1. The van der Waals surface area contributed by atoms with Crippen LogP contribution in [-0.4, -0.2) is 36.2 Å². The molecular weight excluding hydrogens is 178 g/mol. The summed E-state index contributed by atoms with van der Waals surface area (Å²) in [5, 5.41) is 7.92. The van der Waals surface area contributed by atoms with E-state index < -0.39 is 28.3 Å². The highest BCUT2D eigenvalue weighted by molar-refractivity contribution is 7.86. The third-order valence-electron chi connectivity index (χ3n) is 0.757. The number of carboxylic acid groups (broad SMARTS) is 1. The molecule has 0 radical (unpaired) electrons. The zero-order valence-electron chi connectivity index (χ0n) is 5.30. The lowest BCUT2D eigenvalue weighted by Gasteiger charge is -2.08. The molecule has 1 unspecified atom stereocenters. The Morgan fingerprint density at radius 3 is 2.18 bits per heavy atom. The molecule has 0 aromatic rings. The number of nitrogens with two attached hydrogens (primary N) is 1. The minimum atomic E-state index is -4.54. The van der Waals surface area contributed by atoms with E-state index >= 15 is 0 Å². The molecule has 4 N–H and O–H groups in total. The molecule has 11 heavy (non-hydrogen) atoms. The van der Waals surface area contributed by atoms with E-state index in [4.69, 9.17) is 15.4 Å². The first-order valence-electron chi connectivity index (χ1n) is 2.44. The largest absolute Gasteiger partial charge is 0.507 e. The van der Waals surface area contributed by atoms with Gasteiger partial charge in [0.2, 0.25) is 5.44 Å². The molecular formula is C3H7NO6S. The molecule has 0 aliphatic carbocycles. The highest BCUT2D eigenvalue weighted by Gasteiger charge is 2.25. The molecule has 0 spiro atoms. The fourth-order valence-electron chi connectivity index (χ4n) is 0.343. The Morgan fingerprint density at radius 2 is 2.09 bits per heavy atom. The van der Waals surface area contributed by atoms with E-state index in [1.54, 1.807) is 0 Å². The van der Waals surface area contributed by atoms with E-state index in [-0.39, 0.29) is 0 Å². The maximum Gasteiger partial charge on any atom is 0.507 e. The molecule has 0 aliphatic heterocycles. The second-order valence-electron chi connectivity index (χ2n) is 1.56. The second kappa shape index (κ2) is 3.51. The van der Waals surface area contributed by atoms with Gasteiger partial charge in [-0.3, -0.25) is 4.55 Å². The number of hydrogen-bond donors (Lipinski definition) is 3. The lowest BCUT2D eigenvalue weighted by atomic mass is 10.7. The smallest absolute Gasteiger partial charge is 0.450 e. The van der Waals surface area contributed by atoms with Crippen molar-refractivity contribution in [2.75, 3.05) is 6.54 Å². The fraction of sp³-hybridized carbons (Fsp3) is 0.667. The molecule has 7 nitrogen and oxygen atoms in total. The van der Waals surface area contributed by atoms with Crippen molar-refractivity contribution in [2.45, 2.75) is 5.44 Å². The van der Waals surface area contributed by atoms with Gasteiger partial charge in [-0.1, -0.05) is 0 Å². The van der Waals surface area contributed by atoms with Crippen molar-refractivity contribution in [1.82, 2.24) is 0 Å². The van der Waals surface area contributed by atoms with Crippen LogP contribution in [0.15, 0.2) is 0 Å². The quantitative estimate of drug-likeness (QED) is 0.374. The average Bonchev–Trinajstić information content (AvgIpc) is 1.79. The monoisotopic (exact) mass is 185 g/mol. The lowest BCUT2D eigenvalue weighted by molar-refractivity contribution is 0.0783. The normalized spacial score (nSPS) is 14.0. The van der Waals surface area contributed by atoms with Gasteiger partial charge >= 0.3 is 16.3 Å². The van der Waals surface area contributed by atoms with Crippen LogP contribution in [0.3, 0.4) is 0 Å². The van der Waals surface area contributed by atoms with Crippen LogP contribution in [0, 0.1) is 0 Å². The molecule has 0 rings (SSSR count). The lowest BCUT2D eigenvalue weighted by Crippen LogP contribution is -2.33. The van der Waals surface area contributed by atoms with Gasteiger partial charge in [-0.25, -0.2) is 4.79 Å². The number of hydrogen-bond acceptors (Lipinski definition) is 5. The summed E-state index contributed by atoms with van der Waals surface area (Å²) < 4.78 is 32.3. The highest BCUT2D eigenvalue weighted by atomic mass is 32.2. The van der Waals surface area contributed by atoms with Crippen molar-refractivity contribution >= 4 is 16.3 Å². The molecule has 0 saturated heterocycles. The minimum absolute atomic E-state index is 0.620. The van der Waals surface area contributed by atoms with Gasteiger partial charge in [-0.2, -0.15) is 8.42 Å². The fourth-order valence-corrected chi connectivity index (χ4v) is 0.790. The van der Waals surface area contributed by atoms with Crippen molar-refractivity contribution in [3.63, 3.8) is 0 Å². The van der Waals surface area contributed by atoms with Crippen LogP contribution in [0.5, 0.6) is 0 Å². The molecule has 0 aliphatic rings. The van der Waals surface area contributed by atoms with Gasteiger partial charge in [0.1, 0.15) is 0 Å². The van der Waals surface area contributed by atoms with Crippen molar-refractivity contribution in [1.29, 1.82) is 0 Å². The maximum atomic E-state index is 10.2. The summed E-state index contributed by atoms with van der Waals surface area (Å²) in [5.74, 6) is 0. The minimum Gasteiger partial charge on any atom is -0.450 e. The highest BCUT2D eigenvalue weighted by Crippen LogP contribution is 1.98. The summed E-state index contributed by atoms with van der Waals surface area (Å²) in [5.41, 5.74) is 2.88. The molecule has 0 fully saturated rings. The SMILES string of the molecule is NCC(OC(=O)O)S(=O)(=O)O. The van der Waals surface area contributed by atoms with Crippen molar-refractivity contribution < 1.29 is 27.6 Å². The van der Waals surface area contributed by atoms with Crippen LogP contribution in [0.25, 0.3) is 0 Å². The van der Waals surface area contributed by atoms with Gasteiger partial charge in [0.25, 0.3) is 0 Å². The van der Waals surface area contributed by atoms with E-state index in [9.17, 15) is 13.2 Å². The third kappa shape index (κ3) is 3.75. The molecule has 8 heteroatoms. The van der Waals surface area contributed by atoms with Crippen LogP contribution in [0.1, 0.15) is 0 Å². The van der Waals surface area contributed by atoms with Crippen molar-refractivity contribution in [2.24, 2.45) is 5.73 Å². The first-order chi connectivity index (χ1) is 4.88. The van der Waals surface area contributed by atoms with Crippen molar-refractivity contribution in [3.05, 3.63) is 0 Å². The Hall–Kier alpha value is -0.860. The summed E-state index contributed by atoms with van der Waals surface area (Å²) >= 11 is 0. The van der Waals surface area contributed by atoms with Gasteiger partial charge in [0.15, 0.2) is 0 Å².